The maximum atomic E-state index is 12.2. The molecule has 0 amide bonds. The number of aryl methyl sites for hydroxylation is 1. The summed E-state index contributed by atoms with van der Waals surface area (Å²) >= 11 is 0. The molecule has 0 fully saturated rings. The highest BCUT2D eigenvalue weighted by Crippen LogP contribution is 2.45. The van der Waals surface area contributed by atoms with E-state index in [2.05, 4.69) is 21.1 Å². The van der Waals surface area contributed by atoms with Gasteiger partial charge in [-0.3, -0.25) is 9.11 Å². The quantitative estimate of drug-likeness (QED) is 0.0591. The summed E-state index contributed by atoms with van der Waals surface area (Å²) in [7, 11) is -12.3. The van der Waals surface area contributed by atoms with E-state index in [9.17, 15) is 39.5 Å². The van der Waals surface area contributed by atoms with E-state index in [4.69, 9.17) is 15.6 Å². The number of sulfonamides is 1. The molecule has 0 unspecified atom stereocenters. The first-order valence-corrected chi connectivity index (χ1v) is 16.1. The third-order valence-electron chi connectivity index (χ3n) is 6.04. The van der Waals surface area contributed by atoms with Gasteiger partial charge in [-0.25, -0.2) is 13.6 Å². The lowest BCUT2D eigenvalue weighted by molar-refractivity contribution is 0.416. The van der Waals surface area contributed by atoms with E-state index in [1.165, 1.54) is 43.5 Å². The molecule has 0 aliphatic heterocycles. The number of anilines is 3. The third kappa shape index (κ3) is 6.77. The molecule has 0 spiro atoms. The number of phenolic OH excluding ortho intramolecular Hbond substituents is 1. The Morgan fingerprint density at radius 2 is 1.49 bits per heavy atom. The molecule has 4 aromatic rings. The van der Waals surface area contributed by atoms with Crippen LogP contribution in [-0.2, 0) is 30.3 Å². The average Bonchev–Trinajstić information content (AvgIpc) is 2.90. The van der Waals surface area contributed by atoms with Gasteiger partial charge < -0.3 is 26.4 Å². The monoisotopic (exact) mass is 652 g/mol. The molecule has 0 radical (unpaired) electrons. The Balaban J connectivity index is 1.73. The molecule has 0 bridgehead atoms. The van der Waals surface area contributed by atoms with Gasteiger partial charge >= 0.3 is 0 Å². The van der Waals surface area contributed by atoms with Crippen molar-refractivity contribution in [2.45, 2.75) is 21.6 Å². The highest BCUT2D eigenvalue weighted by molar-refractivity contribution is 7.89. The van der Waals surface area contributed by atoms with E-state index in [1.54, 1.807) is 6.92 Å². The van der Waals surface area contributed by atoms with Gasteiger partial charge in [0.2, 0.25) is 10.0 Å². The number of primary sulfonamides is 1. The first kappa shape index (κ1) is 31.4. The van der Waals surface area contributed by atoms with E-state index < -0.39 is 51.5 Å². The number of hydrazine groups is 1. The van der Waals surface area contributed by atoms with Crippen LogP contribution in [0.1, 0.15) is 5.56 Å². The summed E-state index contributed by atoms with van der Waals surface area (Å²) in [6.45, 7) is 1.69. The van der Waals surface area contributed by atoms with Crippen molar-refractivity contribution >= 4 is 69.5 Å². The van der Waals surface area contributed by atoms with E-state index in [0.717, 1.165) is 18.2 Å². The predicted octanol–water partition coefficient (Wildman–Crippen LogP) is 3.44. The number of nitrogens with zero attached hydrogens (tertiary/aromatic N) is 2. The maximum Gasteiger partial charge on any atom is 0.296 e. The molecule has 0 aromatic heterocycles. The highest BCUT2D eigenvalue weighted by atomic mass is 32.2. The number of ether oxygens (including phenoxy) is 1. The molecule has 228 valence electrons. The Morgan fingerprint density at radius 1 is 0.837 bits per heavy atom. The van der Waals surface area contributed by atoms with Crippen LogP contribution in [0.2, 0.25) is 0 Å². The molecule has 16 nitrogen and oxygen atoms in total. The fourth-order valence-corrected chi connectivity index (χ4v) is 5.68. The van der Waals surface area contributed by atoms with Crippen molar-refractivity contribution in [2.24, 2.45) is 15.4 Å². The first-order chi connectivity index (χ1) is 19.9. The number of nitrogens with one attached hydrogen (secondary N) is 2. The number of phenols is 1. The average molecular weight is 653 g/mol. The van der Waals surface area contributed by atoms with Gasteiger partial charge in [0.1, 0.15) is 22.0 Å². The minimum atomic E-state index is -5.04. The Bertz CT molecular complexity index is 2120. The topological polar surface area (TPSA) is 273 Å². The van der Waals surface area contributed by atoms with E-state index in [0.29, 0.717) is 16.9 Å². The molecule has 0 saturated carbocycles. The van der Waals surface area contributed by atoms with Crippen LogP contribution in [0.4, 0.5) is 28.4 Å². The van der Waals surface area contributed by atoms with Gasteiger partial charge in [-0.1, -0.05) is 0 Å². The van der Waals surface area contributed by atoms with E-state index in [-0.39, 0.29) is 32.8 Å². The molecule has 9 N–H and O–H groups in total. The number of hydrogen-bond donors (Lipinski definition) is 7. The molecule has 4 rings (SSSR count). The fraction of sp³-hybridized carbons (Fsp3) is 0.0833. The Kier molecular flexibility index (Phi) is 8.24. The highest BCUT2D eigenvalue weighted by Gasteiger charge is 2.25. The number of nitrogen functional groups attached to an aromatic ring is 1. The van der Waals surface area contributed by atoms with Crippen LogP contribution >= 0.6 is 0 Å². The molecule has 0 saturated heterocycles. The lowest BCUT2D eigenvalue weighted by Gasteiger charge is -2.15. The molecular formula is C24H24N6O10S3. The third-order valence-corrected chi connectivity index (χ3v) is 8.67. The molecule has 0 atom stereocenters. The first-order valence-electron chi connectivity index (χ1n) is 11.7. The summed E-state index contributed by atoms with van der Waals surface area (Å²) in [4.78, 5) is -1.65. The summed E-state index contributed by atoms with van der Waals surface area (Å²) in [5, 5.41) is 23.4. The van der Waals surface area contributed by atoms with Gasteiger partial charge in [-0.05, 0) is 66.4 Å². The van der Waals surface area contributed by atoms with Crippen LogP contribution in [0.15, 0.2) is 79.5 Å². The maximum absolute atomic E-state index is 12.2. The zero-order valence-electron chi connectivity index (χ0n) is 22.2. The van der Waals surface area contributed by atoms with Crippen molar-refractivity contribution < 1.29 is 44.2 Å². The Morgan fingerprint density at radius 3 is 2.05 bits per heavy atom. The van der Waals surface area contributed by atoms with Crippen molar-refractivity contribution in [1.82, 2.24) is 0 Å². The SMILES string of the molecule is COc1cc(NNc2ccc(S(N)(=O)=O)cc2)c(C)cc1N=Nc1c(S(=O)(=O)O)cc2cc(S(=O)(=O)O)cc(N)c2c1O. The summed E-state index contributed by atoms with van der Waals surface area (Å²) in [5.74, 6) is -0.686. The van der Waals surface area contributed by atoms with Gasteiger partial charge in [-0.15, -0.1) is 10.2 Å². The van der Waals surface area contributed by atoms with Crippen LogP contribution < -0.4 is 26.5 Å². The van der Waals surface area contributed by atoms with Crippen LogP contribution in [0, 0.1) is 6.92 Å². The summed E-state index contributed by atoms with van der Waals surface area (Å²) in [5.41, 5.74) is 12.3. The summed E-state index contributed by atoms with van der Waals surface area (Å²) in [6.07, 6.45) is 0. The number of fused-ring (bicyclic) bond motifs is 1. The van der Waals surface area contributed by atoms with Crippen molar-refractivity contribution in [1.29, 1.82) is 0 Å². The largest absolute Gasteiger partial charge is 0.505 e. The number of methoxy groups -OCH3 is 1. The lowest BCUT2D eigenvalue weighted by Crippen LogP contribution is -2.13. The van der Waals surface area contributed by atoms with Crippen LogP contribution in [0.3, 0.4) is 0 Å². The molecule has 0 aliphatic carbocycles. The smallest absolute Gasteiger partial charge is 0.296 e. The van der Waals surface area contributed by atoms with Crippen molar-refractivity contribution in [3.8, 4) is 11.5 Å². The van der Waals surface area contributed by atoms with Crippen molar-refractivity contribution in [3.05, 3.63) is 60.2 Å². The summed E-state index contributed by atoms with van der Waals surface area (Å²) in [6, 6.07) is 11.2. The predicted molar refractivity (Wildman–Crippen MR) is 157 cm³/mol. The standard InChI is InChI=1S/C24H24N6O10S3/c1-12-7-19(20(40-2)11-18(12)28-27-14-3-5-15(6-4-14)41(26,32)33)29-30-23-21(43(37,38)39)9-13-8-16(42(34,35)36)10-17(25)22(13)24(23)31/h3-11,27-28,31H,25H2,1-2H3,(H2,26,32,33)(H,34,35,36)(H,37,38,39). The molecule has 43 heavy (non-hydrogen) atoms. The van der Waals surface area contributed by atoms with Crippen molar-refractivity contribution in [2.75, 3.05) is 23.7 Å². The number of hydrogen-bond acceptors (Lipinski definition) is 13. The van der Waals surface area contributed by atoms with Crippen molar-refractivity contribution in [3.63, 3.8) is 0 Å². The molecule has 4 aromatic carbocycles. The lowest BCUT2D eigenvalue weighted by atomic mass is 10.1. The minimum Gasteiger partial charge on any atom is -0.505 e. The second-order valence-electron chi connectivity index (χ2n) is 8.99. The molecular weight excluding hydrogens is 628 g/mol. The number of nitrogens with two attached hydrogens (primary N) is 2. The molecule has 19 heteroatoms. The van der Waals surface area contributed by atoms with Gasteiger partial charge in [0.15, 0.2) is 5.75 Å². The zero-order valence-corrected chi connectivity index (χ0v) is 24.6. The number of benzene rings is 4. The normalized spacial score (nSPS) is 12.5. The van der Waals surface area contributed by atoms with Crippen LogP contribution in [0.25, 0.3) is 10.8 Å². The number of rotatable bonds is 9. The van der Waals surface area contributed by atoms with Crippen LogP contribution in [-0.4, -0.2) is 46.6 Å². The second-order valence-corrected chi connectivity index (χ2v) is 13.4. The van der Waals surface area contributed by atoms with Gasteiger partial charge in [0.05, 0.1) is 28.3 Å². The zero-order chi connectivity index (χ0) is 31.9. The number of aromatic hydroxyl groups is 1. The van der Waals surface area contributed by atoms with Gasteiger partial charge in [-0.2, -0.15) is 16.8 Å². The molecule has 0 aliphatic rings. The van der Waals surface area contributed by atoms with Crippen LogP contribution in [0.5, 0.6) is 11.5 Å². The second kappa shape index (κ2) is 11.3. The Hall–Kier alpha value is -4.53. The van der Waals surface area contributed by atoms with E-state index in [1.807, 2.05) is 0 Å². The fourth-order valence-electron chi connectivity index (χ4n) is 3.95. The molecule has 0 heterocycles. The number of azo groups is 1. The Labute approximate surface area is 245 Å². The van der Waals surface area contributed by atoms with Gasteiger partial charge in [0.25, 0.3) is 20.2 Å². The summed E-state index contributed by atoms with van der Waals surface area (Å²) < 4.78 is 94.9. The minimum absolute atomic E-state index is 0.0641. The van der Waals surface area contributed by atoms with E-state index >= 15 is 0 Å². The van der Waals surface area contributed by atoms with Gasteiger partial charge in [0, 0.05) is 17.1 Å².